The van der Waals surface area contributed by atoms with Crippen molar-refractivity contribution in [1.29, 1.82) is 0 Å². The molecule has 1 heterocycles. The van der Waals surface area contributed by atoms with E-state index in [1.165, 1.54) is 0 Å². The predicted molar refractivity (Wildman–Crippen MR) is 67.0 cm³/mol. The summed E-state index contributed by atoms with van der Waals surface area (Å²) in [6, 6.07) is 5.29. The summed E-state index contributed by atoms with van der Waals surface area (Å²) in [7, 11) is 1.79. The third kappa shape index (κ3) is 2.26. The van der Waals surface area contributed by atoms with Crippen LogP contribution in [0.5, 0.6) is 0 Å². The Morgan fingerprint density at radius 1 is 1.00 bits per heavy atom. The second-order valence-corrected chi connectivity index (χ2v) is 4.03. The van der Waals surface area contributed by atoms with Crippen LogP contribution in [0.2, 0.25) is 10.0 Å². The van der Waals surface area contributed by atoms with Gasteiger partial charge in [-0.25, -0.2) is 4.98 Å². The van der Waals surface area contributed by atoms with E-state index in [1.807, 2.05) is 0 Å². The fraction of sp³-hybridized carbons (Fsp3) is 0.0909. The molecule has 2 aromatic rings. The summed E-state index contributed by atoms with van der Waals surface area (Å²) in [4.78, 5) is 8.43. The quantitative estimate of drug-likeness (QED) is 0.891. The average molecular weight is 254 g/mol. The van der Waals surface area contributed by atoms with Crippen molar-refractivity contribution < 1.29 is 0 Å². The zero-order chi connectivity index (χ0) is 11.5. The molecule has 0 saturated heterocycles. The smallest absolute Gasteiger partial charge is 0.152 e. The third-order valence-corrected chi connectivity index (χ3v) is 2.51. The minimum atomic E-state index is 0.579. The molecule has 0 fully saturated rings. The second-order valence-electron chi connectivity index (χ2n) is 3.16. The van der Waals surface area contributed by atoms with Crippen LogP contribution >= 0.6 is 23.2 Å². The fourth-order valence-corrected chi connectivity index (χ4v) is 1.95. The summed E-state index contributed by atoms with van der Waals surface area (Å²) in [5, 5.41) is 4.13. The predicted octanol–water partition coefficient (Wildman–Crippen LogP) is 3.49. The highest BCUT2D eigenvalue weighted by atomic mass is 35.5. The lowest BCUT2D eigenvalue weighted by molar-refractivity contribution is 1.19. The number of halogens is 2. The lowest BCUT2D eigenvalue weighted by Crippen LogP contribution is -1.97. The fourth-order valence-electron chi connectivity index (χ4n) is 1.42. The van der Waals surface area contributed by atoms with Gasteiger partial charge in [0.1, 0.15) is 5.69 Å². The molecule has 0 aliphatic heterocycles. The Morgan fingerprint density at radius 2 is 1.62 bits per heavy atom. The summed E-state index contributed by atoms with van der Waals surface area (Å²) < 4.78 is 0. The molecule has 0 radical (unpaired) electrons. The molecule has 0 unspecified atom stereocenters. The molecule has 1 N–H and O–H groups in total. The number of aromatic nitrogens is 2. The van der Waals surface area contributed by atoms with E-state index in [1.54, 1.807) is 37.6 Å². The summed E-state index contributed by atoms with van der Waals surface area (Å²) in [6.07, 6.45) is 3.26. The van der Waals surface area contributed by atoms with Gasteiger partial charge in [0.25, 0.3) is 0 Å². The average Bonchev–Trinajstić information content (AvgIpc) is 2.27. The number of anilines is 1. The highest BCUT2D eigenvalue weighted by Crippen LogP contribution is 2.28. The first-order valence-corrected chi connectivity index (χ1v) is 5.41. The second kappa shape index (κ2) is 4.68. The van der Waals surface area contributed by atoms with Gasteiger partial charge < -0.3 is 5.32 Å². The van der Waals surface area contributed by atoms with Gasteiger partial charge in [-0.05, 0) is 18.2 Å². The van der Waals surface area contributed by atoms with Gasteiger partial charge in [-0.1, -0.05) is 23.2 Å². The van der Waals surface area contributed by atoms with E-state index in [0.29, 0.717) is 15.9 Å². The normalized spacial score (nSPS) is 10.2. The van der Waals surface area contributed by atoms with E-state index in [-0.39, 0.29) is 0 Å². The molecular weight excluding hydrogens is 245 g/mol. The van der Waals surface area contributed by atoms with E-state index in [2.05, 4.69) is 15.3 Å². The van der Waals surface area contributed by atoms with E-state index in [4.69, 9.17) is 23.2 Å². The molecule has 0 aliphatic rings. The molecule has 0 aliphatic carbocycles. The van der Waals surface area contributed by atoms with Crippen molar-refractivity contribution >= 4 is 29.0 Å². The molecule has 1 aromatic carbocycles. The van der Waals surface area contributed by atoms with Gasteiger partial charge >= 0.3 is 0 Å². The van der Waals surface area contributed by atoms with Crippen LogP contribution in [0, 0.1) is 0 Å². The molecule has 0 spiro atoms. The molecule has 5 heteroatoms. The minimum Gasteiger partial charge on any atom is -0.371 e. The van der Waals surface area contributed by atoms with Crippen molar-refractivity contribution in [2.24, 2.45) is 0 Å². The zero-order valence-corrected chi connectivity index (χ0v) is 10.0. The lowest BCUT2D eigenvalue weighted by atomic mass is 10.1. The van der Waals surface area contributed by atoms with Crippen LogP contribution < -0.4 is 5.32 Å². The first kappa shape index (κ1) is 11.2. The minimum absolute atomic E-state index is 0.579. The Morgan fingerprint density at radius 3 is 2.25 bits per heavy atom. The Balaban J connectivity index is 2.58. The molecule has 0 bridgehead atoms. The largest absolute Gasteiger partial charge is 0.371 e. The van der Waals surface area contributed by atoms with Crippen molar-refractivity contribution in [3.63, 3.8) is 0 Å². The van der Waals surface area contributed by atoms with Crippen molar-refractivity contribution in [1.82, 2.24) is 9.97 Å². The Kier molecular flexibility index (Phi) is 3.27. The van der Waals surface area contributed by atoms with Gasteiger partial charge in [-0.2, -0.15) is 0 Å². The van der Waals surface area contributed by atoms with Gasteiger partial charge in [-0.3, -0.25) is 4.98 Å². The lowest BCUT2D eigenvalue weighted by Gasteiger charge is -2.07. The van der Waals surface area contributed by atoms with Crippen LogP contribution in [0.4, 0.5) is 5.82 Å². The first-order valence-electron chi connectivity index (χ1n) is 4.66. The van der Waals surface area contributed by atoms with Crippen molar-refractivity contribution in [2.45, 2.75) is 0 Å². The van der Waals surface area contributed by atoms with Crippen LogP contribution in [0.15, 0.2) is 30.6 Å². The molecule has 2 rings (SSSR count). The van der Waals surface area contributed by atoms with Gasteiger partial charge in [0.05, 0.1) is 0 Å². The van der Waals surface area contributed by atoms with Crippen molar-refractivity contribution in [3.8, 4) is 11.3 Å². The van der Waals surface area contributed by atoms with E-state index >= 15 is 0 Å². The number of benzene rings is 1. The van der Waals surface area contributed by atoms with Crippen LogP contribution in [-0.2, 0) is 0 Å². The molecule has 0 saturated carbocycles. The standard InChI is InChI=1S/C11H9Cl2N3/c1-14-11-10(15-2-3-16-11)7-4-8(12)6-9(13)5-7/h2-6H,1H3,(H,14,16). The highest BCUT2D eigenvalue weighted by molar-refractivity contribution is 6.35. The number of hydrogen-bond donors (Lipinski definition) is 1. The molecule has 0 atom stereocenters. The third-order valence-electron chi connectivity index (χ3n) is 2.07. The molecule has 3 nitrogen and oxygen atoms in total. The maximum atomic E-state index is 5.94. The summed E-state index contributed by atoms with van der Waals surface area (Å²) in [6.45, 7) is 0. The molecule has 0 amide bonds. The van der Waals surface area contributed by atoms with Gasteiger partial charge in [0, 0.05) is 35.1 Å². The Hall–Kier alpha value is -1.32. The highest BCUT2D eigenvalue weighted by Gasteiger charge is 2.07. The van der Waals surface area contributed by atoms with Crippen molar-refractivity contribution in [3.05, 3.63) is 40.6 Å². The summed E-state index contributed by atoms with van der Waals surface area (Å²) in [5.74, 6) is 0.695. The number of rotatable bonds is 2. The van der Waals surface area contributed by atoms with Crippen molar-refractivity contribution in [2.75, 3.05) is 12.4 Å². The maximum absolute atomic E-state index is 5.94. The molecular formula is C11H9Cl2N3. The molecule has 82 valence electrons. The van der Waals surface area contributed by atoms with Crippen LogP contribution in [0.1, 0.15) is 0 Å². The summed E-state index contributed by atoms with van der Waals surface area (Å²) in [5.41, 5.74) is 1.57. The number of nitrogens with one attached hydrogen (secondary N) is 1. The van der Waals surface area contributed by atoms with Gasteiger partial charge in [0.15, 0.2) is 5.82 Å². The van der Waals surface area contributed by atoms with E-state index < -0.39 is 0 Å². The van der Waals surface area contributed by atoms with E-state index in [0.717, 1.165) is 11.3 Å². The Bertz CT molecular complexity index is 494. The first-order chi connectivity index (χ1) is 7.70. The van der Waals surface area contributed by atoms with Gasteiger partial charge in [-0.15, -0.1) is 0 Å². The number of hydrogen-bond acceptors (Lipinski definition) is 3. The monoisotopic (exact) mass is 253 g/mol. The van der Waals surface area contributed by atoms with Gasteiger partial charge in [0.2, 0.25) is 0 Å². The van der Waals surface area contributed by atoms with Crippen LogP contribution in [0.3, 0.4) is 0 Å². The Labute approximate surface area is 103 Å². The zero-order valence-electron chi connectivity index (χ0n) is 8.54. The number of nitrogens with zero attached hydrogens (tertiary/aromatic N) is 2. The molecule has 1 aromatic heterocycles. The SMILES string of the molecule is CNc1nccnc1-c1cc(Cl)cc(Cl)c1. The van der Waals surface area contributed by atoms with Crippen LogP contribution in [0.25, 0.3) is 11.3 Å². The maximum Gasteiger partial charge on any atom is 0.152 e. The van der Waals surface area contributed by atoms with E-state index in [9.17, 15) is 0 Å². The molecule has 16 heavy (non-hydrogen) atoms. The topological polar surface area (TPSA) is 37.8 Å². The summed E-state index contributed by atoms with van der Waals surface area (Å²) >= 11 is 11.9. The van der Waals surface area contributed by atoms with Crippen LogP contribution in [-0.4, -0.2) is 17.0 Å².